The van der Waals surface area contributed by atoms with Crippen molar-refractivity contribution in [3.8, 4) is 0 Å². The average Bonchev–Trinajstić information content (AvgIpc) is 2.63. The third-order valence-corrected chi connectivity index (χ3v) is 4.79. The molecular formula is C12H20BrN3S. The topological polar surface area (TPSA) is 55.3 Å². The van der Waals surface area contributed by atoms with Gasteiger partial charge in [-0.2, -0.15) is 0 Å². The van der Waals surface area contributed by atoms with Crippen molar-refractivity contribution in [3.63, 3.8) is 0 Å². The Kier molecular flexibility index (Phi) is 4.99. The Morgan fingerprint density at radius 1 is 1.47 bits per heavy atom. The largest absolute Gasteiger partial charge is 0.329 e. The normalized spacial score (nSPS) is 26.3. The Morgan fingerprint density at radius 2 is 2.29 bits per heavy atom. The van der Waals surface area contributed by atoms with Gasteiger partial charge in [0.1, 0.15) is 0 Å². The molecule has 1 aliphatic rings. The molecule has 1 saturated heterocycles. The molecule has 0 aromatic carbocycles. The standard InChI is InChI=1S/C12H20BrN3S/c13-12-5-10(8-17-12)3-9-4-11(15)7-16(6-9)2-1-14/h5,8-9,11H,1-4,6-7,14-15H2. The lowest BCUT2D eigenvalue weighted by Crippen LogP contribution is -2.48. The summed E-state index contributed by atoms with van der Waals surface area (Å²) in [5, 5.41) is 2.23. The highest BCUT2D eigenvalue weighted by molar-refractivity contribution is 9.11. The van der Waals surface area contributed by atoms with Crippen LogP contribution in [0.15, 0.2) is 15.2 Å². The summed E-state index contributed by atoms with van der Waals surface area (Å²) in [6.45, 7) is 3.83. The maximum absolute atomic E-state index is 6.12. The molecule has 3 nitrogen and oxygen atoms in total. The van der Waals surface area contributed by atoms with Crippen molar-refractivity contribution in [1.29, 1.82) is 0 Å². The molecule has 0 spiro atoms. The molecule has 0 saturated carbocycles. The first-order valence-electron chi connectivity index (χ1n) is 6.08. The lowest BCUT2D eigenvalue weighted by Gasteiger charge is -2.36. The number of hydrogen-bond acceptors (Lipinski definition) is 4. The molecule has 2 rings (SSSR count). The van der Waals surface area contributed by atoms with E-state index in [9.17, 15) is 0 Å². The summed E-state index contributed by atoms with van der Waals surface area (Å²) in [7, 11) is 0. The van der Waals surface area contributed by atoms with Crippen LogP contribution in [0.25, 0.3) is 0 Å². The number of hydrogen-bond donors (Lipinski definition) is 2. The number of rotatable bonds is 4. The fraction of sp³-hybridized carbons (Fsp3) is 0.667. The number of piperidine rings is 1. The van der Waals surface area contributed by atoms with Gasteiger partial charge in [0, 0.05) is 32.2 Å². The van der Waals surface area contributed by atoms with Gasteiger partial charge in [-0.15, -0.1) is 11.3 Å². The zero-order valence-corrected chi connectivity index (χ0v) is 12.3. The van der Waals surface area contributed by atoms with E-state index < -0.39 is 0 Å². The molecule has 0 aliphatic carbocycles. The molecule has 0 radical (unpaired) electrons. The van der Waals surface area contributed by atoms with Crippen LogP contribution in [0.2, 0.25) is 0 Å². The molecule has 2 heterocycles. The Morgan fingerprint density at radius 3 is 2.94 bits per heavy atom. The monoisotopic (exact) mass is 317 g/mol. The molecule has 0 bridgehead atoms. The van der Waals surface area contributed by atoms with E-state index in [0.29, 0.717) is 12.0 Å². The van der Waals surface area contributed by atoms with Gasteiger partial charge in [-0.3, -0.25) is 0 Å². The number of thiophene rings is 1. The predicted octanol–water partition coefficient (Wildman–Crippen LogP) is 1.66. The van der Waals surface area contributed by atoms with E-state index in [2.05, 4.69) is 32.3 Å². The lowest BCUT2D eigenvalue weighted by molar-refractivity contribution is 0.160. The first-order chi connectivity index (χ1) is 8.17. The number of likely N-dealkylation sites (tertiary alicyclic amines) is 1. The van der Waals surface area contributed by atoms with Gasteiger partial charge in [-0.05, 0) is 51.7 Å². The van der Waals surface area contributed by atoms with Crippen molar-refractivity contribution in [1.82, 2.24) is 4.90 Å². The third kappa shape index (κ3) is 4.03. The first kappa shape index (κ1) is 13.5. The van der Waals surface area contributed by atoms with Crippen LogP contribution in [0.3, 0.4) is 0 Å². The Labute approximate surface area is 115 Å². The van der Waals surface area contributed by atoms with Crippen molar-refractivity contribution in [3.05, 3.63) is 20.8 Å². The van der Waals surface area contributed by atoms with E-state index in [1.165, 1.54) is 9.35 Å². The molecule has 0 amide bonds. The minimum atomic E-state index is 0.308. The molecule has 17 heavy (non-hydrogen) atoms. The highest BCUT2D eigenvalue weighted by Gasteiger charge is 2.24. The van der Waals surface area contributed by atoms with Gasteiger partial charge in [0.15, 0.2) is 0 Å². The predicted molar refractivity (Wildman–Crippen MR) is 77.3 cm³/mol. The maximum atomic E-state index is 6.12. The van der Waals surface area contributed by atoms with E-state index in [-0.39, 0.29) is 0 Å². The van der Waals surface area contributed by atoms with E-state index in [4.69, 9.17) is 11.5 Å². The SMILES string of the molecule is NCCN1CC(N)CC(Cc2csc(Br)c2)C1. The van der Waals surface area contributed by atoms with Crippen LogP contribution in [-0.4, -0.2) is 37.1 Å². The van der Waals surface area contributed by atoms with Crippen LogP contribution in [0.1, 0.15) is 12.0 Å². The number of nitrogens with two attached hydrogens (primary N) is 2. The first-order valence-corrected chi connectivity index (χ1v) is 7.75. The van der Waals surface area contributed by atoms with Crippen LogP contribution in [-0.2, 0) is 6.42 Å². The second-order valence-electron chi connectivity index (χ2n) is 4.87. The molecule has 2 unspecified atom stereocenters. The van der Waals surface area contributed by atoms with Crippen molar-refractivity contribution in [2.45, 2.75) is 18.9 Å². The molecule has 96 valence electrons. The zero-order valence-electron chi connectivity index (χ0n) is 9.94. The molecule has 4 N–H and O–H groups in total. The fourth-order valence-corrected chi connectivity index (χ4v) is 3.87. The van der Waals surface area contributed by atoms with Gasteiger partial charge in [0.25, 0.3) is 0 Å². The van der Waals surface area contributed by atoms with Gasteiger partial charge >= 0.3 is 0 Å². The minimum absolute atomic E-state index is 0.308. The fourth-order valence-electron chi connectivity index (χ4n) is 2.65. The summed E-state index contributed by atoms with van der Waals surface area (Å²) in [4.78, 5) is 2.40. The van der Waals surface area contributed by atoms with Gasteiger partial charge < -0.3 is 16.4 Å². The summed E-state index contributed by atoms with van der Waals surface area (Å²) in [5.74, 6) is 0.673. The maximum Gasteiger partial charge on any atom is 0.0701 e. The number of nitrogens with zero attached hydrogens (tertiary/aromatic N) is 1. The summed E-state index contributed by atoms with van der Waals surface area (Å²) in [6, 6.07) is 2.53. The third-order valence-electron chi connectivity index (χ3n) is 3.24. The average molecular weight is 318 g/mol. The van der Waals surface area contributed by atoms with Crippen molar-refractivity contribution in [2.75, 3.05) is 26.2 Å². The second kappa shape index (κ2) is 6.29. The summed E-state index contributed by atoms with van der Waals surface area (Å²) >= 11 is 5.27. The Hall–Kier alpha value is 0.0600. The molecule has 1 aromatic heterocycles. The summed E-state index contributed by atoms with van der Waals surface area (Å²) in [5.41, 5.74) is 13.2. The van der Waals surface area contributed by atoms with Gasteiger partial charge in [-0.25, -0.2) is 0 Å². The zero-order chi connectivity index (χ0) is 12.3. The summed E-state index contributed by atoms with van der Waals surface area (Å²) in [6.07, 6.45) is 2.27. The smallest absolute Gasteiger partial charge is 0.0701 e. The van der Waals surface area contributed by atoms with Crippen molar-refractivity contribution < 1.29 is 0 Å². The lowest BCUT2D eigenvalue weighted by atomic mass is 9.90. The Balaban J connectivity index is 1.91. The van der Waals surface area contributed by atoms with Crippen LogP contribution < -0.4 is 11.5 Å². The quantitative estimate of drug-likeness (QED) is 0.888. The minimum Gasteiger partial charge on any atom is -0.329 e. The van der Waals surface area contributed by atoms with E-state index in [0.717, 1.165) is 39.0 Å². The molecule has 5 heteroatoms. The van der Waals surface area contributed by atoms with Crippen molar-refractivity contribution in [2.24, 2.45) is 17.4 Å². The van der Waals surface area contributed by atoms with E-state index >= 15 is 0 Å². The van der Waals surface area contributed by atoms with E-state index in [1.54, 1.807) is 11.3 Å². The molecular weight excluding hydrogens is 298 g/mol. The molecule has 1 fully saturated rings. The Bertz CT molecular complexity index is 355. The summed E-state index contributed by atoms with van der Waals surface area (Å²) < 4.78 is 1.21. The van der Waals surface area contributed by atoms with Gasteiger partial charge in [-0.1, -0.05) is 0 Å². The van der Waals surface area contributed by atoms with Gasteiger partial charge in [0.2, 0.25) is 0 Å². The van der Waals surface area contributed by atoms with Crippen molar-refractivity contribution >= 4 is 27.3 Å². The van der Waals surface area contributed by atoms with Crippen LogP contribution in [0.5, 0.6) is 0 Å². The van der Waals surface area contributed by atoms with Crippen LogP contribution in [0.4, 0.5) is 0 Å². The highest BCUT2D eigenvalue weighted by Crippen LogP contribution is 2.25. The molecule has 1 aliphatic heterocycles. The van der Waals surface area contributed by atoms with E-state index in [1.807, 2.05) is 0 Å². The van der Waals surface area contributed by atoms with Gasteiger partial charge in [0.05, 0.1) is 3.79 Å². The van der Waals surface area contributed by atoms with Crippen LogP contribution in [0, 0.1) is 5.92 Å². The molecule has 1 aromatic rings. The number of halogens is 1. The second-order valence-corrected chi connectivity index (χ2v) is 7.16. The highest BCUT2D eigenvalue weighted by atomic mass is 79.9. The van der Waals surface area contributed by atoms with Crippen LogP contribution >= 0.6 is 27.3 Å². The molecule has 2 atom stereocenters.